The zero-order valence-electron chi connectivity index (χ0n) is 8.18. The summed E-state index contributed by atoms with van der Waals surface area (Å²) in [5.74, 6) is 0.876. The van der Waals surface area contributed by atoms with Crippen LogP contribution in [0.25, 0.3) is 0 Å². The molecule has 1 atom stereocenters. The molecule has 0 aromatic carbocycles. The largest absolute Gasteiger partial charge is 0.152 e. The average molecular weight is 172 g/mol. The lowest BCUT2D eigenvalue weighted by Gasteiger charge is -2.17. The quantitative estimate of drug-likeness (QED) is 0.612. The smallest absolute Gasteiger partial charge is 0.0106 e. The van der Waals surface area contributed by atoms with Crippen LogP contribution in [0.5, 0.6) is 0 Å². The van der Waals surface area contributed by atoms with Gasteiger partial charge in [0.2, 0.25) is 0 Å². The third-order valence-corrected chi connectivity index (χ3v) is 3.89. The van der Waals surface area contributed by atoms with Crippen LogP contribution in [-0.2, 0) is 0 Å². The first-order chi connectivity index (χ1) is 4.99. The first-order valence-electron chi connectivity index (χ1n) is 4.67. The summed E-state index contributed by atoms with van der Waals surface area (Å²) in [5.41, 5.74) is 0. The first-order valence-corrected chi connectivity index (χ1v) is 5.55. The van der Waals surface area contributed by atoms with Gasteiger partial charge in [0, 0.05) is 10.00 Å². The lowest BCUT2D eigenvalue weighted by atomic mass is 10.0. The maximum absolute atomic E-state index is 2.37. The minimum absolute atomic E-state index is 0.569. The van der Waals surface area contributed by atoms with Gasteiger partial charge in [-0.15, -0.1) is 0 Å². The van der Waals surface area contributed by atoms with Crippen molar-refractivity contribution in [1.29, 1.82) is 0 Å². The Kier molecular flexibility index (Phi) is 2.90. The zero-order chi connectivity index (χ0) is 8.48. The number of rotatable bonds is 2. The van der Waals surface area contributed by atoms with Crippen molar-refractivity contribution in [2.45, 2.75) is 57.0 Å². The second-order valence-electron chi connectivity index (χ2n) is 4.67. The molecule has 0 aromatic heterocycles. The lowest BCUT2D eigenvalue weighted by molar-refractivity contribution is 0.543. The van der Waals surface area contributed by atoms with Crippen molar-refractivity contribution >= 4 is 11.8 Å². The van der Waals surface area contributed by atoms with Gasteiger partial charge in [0.15, 0.2) is 0 Å². The highest BCUT2D eigenvalue weighted by Gasteiger charge is 2.31. The maximum Gasteiger partial charge on any atom is 0.0106 e. The minimum atomic E-state index is 0.569. The van der Waals surface area contributed by atoms with Gasteiger partial charge in [0.1, 0.15) is 0 Å². The van der Waals surface area contributed by atoms with E-state index >= 15 is 0 Å². The van der Waals surface area contributed by atoms with E-state index in [0.29, 0.717) is 4.75 Å². The van der Waals surface area contributed by atoms with E-state index in [1.54, 1.807) is 0 Å². The van der Waals surface area contributed by atoms with Gasteiger partial charge in [0.25, 0.3) is 0 Å². The molecule has 1 aliphatic heterocycles. The van der Waals surface area contributed by atoms with E-state index < -0.39 is 0 Å². The Morgan fingerprint density at radius 2 is 2.09 bits per heavy atom. The van der Waals surface area contributed by atoms with E-state index in [9.17, 15) is 0 Å². The topological polar surface area (TPSA) is 0 Å². The minimum Gasteiger partial charge on any atom is -0.152 e. The molecule has 11 heavy (non-hydrogen) atoms. The van der Waals surface area contributed by atoms with E-state index in [1.807, 2.05) is 0 Å². The predicted octanol–water partition coefficient (Wildman–Crippen LogP) is 3.71. The fourth-order valence-electron chi connectivity index (χ4n) is 1.77. The number of hydrogen-bond acceptors (Lipinski definition) is 1. The molecule has 1 aliphatic rings. The Balaban J connectivity index is 2.31. The monoisotopic (exact) mass is 172 g/mol. The molecule has 0 spiro atoms. The molecule has 0 nitrogen and oxygen atoms in total. The van der Waals surface area contributed by atoms with E-state index in [1.165, 1.54) is 19.3 Å². The lowest BCUT2D eigenvalue weighted by Crippen LogP contribution is -2.08. The molecule has 1 heteroatoms. The van der Waals surface area contributed by atoms with Crippen molar-refractivity contribution in [1.82, 2.24) is 0 Å². The van der Waals surface area contributed by atoms with Crippen LogP contribution in [0, 0.1) is 5.92 Å². The van der Waals surface area contributed by atoms with Crippen LogP contribution in [0.1, 0.15) is 47.0 Å². The molecule has 0 aliphatic carbocycles. The fraction of sp³-hybridized carbons (Fsp3) is 1.00. The van der Waals surface area contributed by atoms with E-state index in [4.69, 9.17) is 0 Å². The summed E-state index contributed by atoms with van der Waals surface area (Å²) >= 11 is 2.20. The van der Waals surface area contributed by atoms with Gasteiger partial charge in [-0.2, -0.15) is 11.8 Å². The van der Waals surface area contributed by atoms with Crippen LogP contribution in [0.15, 0.2) is 0 Å². The predicted molar refractivity (Wildman–Crippen MR) is 54.1 cm³/mol. The number of thioether (sulfide) groups is 1. The van der Waals surface area contributed by atoms with E-state index in [0.717, 1.165) is 11.2 Å². The summed E-state index contributed by atoms with van der Waals surface area (Å²) in [6, 6.07) is 0. The van der Waals surface area contributed by atoms with Gasteiger partial charge in [0.05, 0.1) is 0 Å². The summed E-state index contributed by atoms with van der Waals surface area (Å²) in [6.07, 6.45) is 4.26. The van der Waals surface area contributed by atoms with Gasteiger partial charge in [-0.3, -0.25) is 0 Å². The molecule has 0 amide bonds. The van der Waals surface area contributed by atoms with Crippen LogP contribution in [0.3, 0.4) is 0 Å². The normalized spacial score (nSPS) is 29.7. The Labute approximate surface area is 75.1 Å². The molecule has 0 bridgehead atoms. The molecule has 0 saturated carbocycles. The van der Waals surface area contributed by atoms with Crippen LogP contribution in [-0.4, -0.2) is 10.00 Å². The molecule has 1 heterocycles. The molecule has 0 radical (unpaired) electrons. The molecule has 0 N–H and O–H groups in total. The van der Waals surface area contributed by atoms with E-state index in [2.05, 4.69) is 39.5 Å². The van der Waals surface area contributed by atoms with Crippen LogP contribution in [0.4, 0.5) is 0 Å². The summed E-state index contributed by atoms with van der Waals surface area (Å²) in [4.78, 5) is 0. The van der Waals surface area contributed by atoms with Crippen LogP contribution < -0.4 is 0 Å². The van der Waals surface area contributed by atoms with Crippen molar-refractivity contribution < 1.29 is 0 Å². The van der Waals surface area contributed by atoms with E-state index in [-0.39, 0.29) is 0 Å². The zero-order valence-corrected chi connectivity index (χ0v) is 9.00. The highest BCUT2D eigenvalue weighted by molar-refractivity contribution is 8.01. The standard InChI is InChI=1S/C10H20S/c1-8(2)7-9-5-6-10(3,4)11-9/h8-9H,5-7H2,1-4H3. The summed E-state index contributed by atoms with van der Waals surface area (Å²) in [5, 5.41) is 0.949. The molecule has 1 unspecified atom stereocenters. The molecular formula is C10H20S. The SMILES string of the molecule is CC(C)CC1CCC(C)(C)S1. The third kappa shape index (κ3) is 3.06. The van der Waals surface area contributed by atoms with Gasteiger partial charge >= 0.3 is 0 Å². The van der Waals surface area contributed by atoms with Gasteiger partial charge < -0.3 is 0 Å². The molecule has 66 valence electrons. The fourth-order valence-corrected chi connectivity index (χ4v) is 3.62. The highest BCUT2D eigenvalue weighted by atomic mass is 32.2. The molecule has 0 aromatic rings. The second-order valence-corrected chi connectivity index (χ2v) is 6.68. The first kappa shape index (κ1) is 9.44. The summed E-state index contributed by atoms with van der Waals surface area (Å²) in [6.45, 7) is 9.40. The van der Waals surface area contributed by atoms with Gasteiger partial charge in [-0.05, 0) is 25.2 Å². The Bertz CT molecular complexity index is 127. The van der Waals surface area contributed by atoms with Gasteiger partial charge in [-0.1, -0.05) is 27.7 Å². The molecule has 1 rings (SSSR count). The van der Waals surface area contributed by atoms with Crippen molar-refractivity contribution in [3.63, 3.8) is 0 Å². The Morgan fingerprint density at radius 1 is 1.45 bits per heavy atom. The molecular weight excluding hydrogens is 152 g/mol. The highest BCUT2D eigenvalue weighted by Crippen LogP contribution is 2.44. The number of hydrogen-bond donors (Lipinski definition) is 0. The van der Waals surface area contributed by atoms with Crippen molar-refractivity contribution in [3.05, 3.63) is 0 Å². The van der Waals surface area contributed by atoms with Crippen molar-refractivity contribution in [2.75, 3.05) is 0 Å². The average Bonchev–Trinajstić information content (AvgIpc) is 2.08. The molecule has 1 fully saturated rings. The van der Waals surface area contributed by atoms with Crippen LogP contribution >= 0.6 is 11.8 Å². The second kappa shape index (κ2) is 3.38. The maximum atomic E-state index is 2.37. The van der Waals surface area contributed by atoms with Gasteiger partial charge in [-0.25, -0.2) is 0 Å². The molecule has 1 saturated heterocycles. The Morgan fingerprint density at radius 3 is 2.45 bits per heavy atom. The van der Waals surface area contributed by atoms with Crippen molar-refractivity contribution in [2.24, 2.45) is 5.92 Å². The third-order valence-electron chi connectivity index (χ3n) is 2.29. The Hall–Kier alpha value is 0.350. The summed E-state index contributed by atoms with van der Waals surface area (Å²) in [7, 11) is 0. The van der Waals surface area contributed by atoms with Crippen LogP contribution in [0.2, 0.25) is 0 Å². The summed E-state index contributed by atoms with van der Waals surface area (Å²) < 4.78 is 0.569. The van der Waals surface area contributed by atoms with Crippen molar-refractivity contribution in [3.8, 4) is 0 Å².